The number of hydrogen-bond donors (Lipinski definition) is 2. The van der Waals surface area contributed by atoms with Gasteiger partial charge in [0.25, 0.3) is 5.91 Å². The Morgan fingerprint density at radius 3 is 2.55 bits per heavy atom. The number of thiazole rings is 1. The molecule has 1 amide bonds. The maximum Gasteiger partial charge on any atom is 0.304 e. The molecule has 2 aromatic heterocycles. The van der Waals surface area contributed by atoms with Crippen molar-refractivity contribution in [3.05, 3.63) is 63.3 Å². The van der Waals surface area contributed by atoms with E-state index < -0.39 is 16.1 Å². The Morgan fingerprint density at radius 2 is 1.85 bits per heavy atom. The van der Waals surface area contributed by atoms with Gasteiger partial charge in [0.2, 0.25) is 0 Å². The molecule has 2 saturated heterocycles. The number of aromatic nitrogens is 2. The third kappa shape index (κ3) is 4.77. The van der Waals surface area contributed by atoms with Crippen LogP contribution >= 0.6 is 34.5 Å². The third-order valence-corrected chi connectivity index (χ3v) is 14.2. The van der Waals surface area contributed by atoms with Crippen LogP contribution in [0.25, 0.3) is 21.5 Å². The minimum absolute atomic E-state index is 0.227. The standard InChI is InChI=1S/C33H34Cl2N6O4S2/c34-21-5-4-6-22(35)28(21)29-20(30(45-38-29)18-7-8-18)17-36-25-16-27-33(25)12-11-26(33)41(27)32-37-23-10-9-19(15-24(23)46-32)31(42)39-47(43,44)40-13-2-1-3-14-40/h4-6,9-10,15,18,25-27,36H,1-3,7-8,11-14,16-17H2,(H,39,42). The number of anilines is 1. The summed E-state index contributed by atoms with van der Waals surface area (Å²) in [6.07, 6.45) is 8.15. The molecule has 14 heteroatoms. The zero-order chi connectivity index (χ0) is 32.1. The quantitative estimate of drug-likeness (QED) is 0.202. The van der Waals surface area contributed by atoms with Gasteiger partial charge >= 0.3 is 10.2 Å². The minimum Gasteiger partial charge on any atom is -0.360 e. The van der Waals surface area contributed by atoms with Crippen molar-refractivity contribution in [2.45, 2.75) is 82.0 Å². The Balaban J connectivity index is 0.898. The van der Waals surface area contributed by atoms with Crippen LogP contribution in [0, 0.1) is 5.41 Å². The first kappa shape index (κ1) is 30.3. The lowest BCUT2D eigenvalue weighted by Gasteiger charge is -2.79. The number of fused-ring (bicyclic) bond motifs is 1. The number of nitrogens with one attached hydrogen (secondary N) is 2. The number of halogens is 2. The monoisotopic (exact) mass is 712 g/mol. The molecule has 1 spiro atoms. The van der Waals surface area contributed by atoms with E-state index in [0.717, 1.165) is 82.9 Å². The lowest BCUT2D eigenvalue weighted by atomic mass is 9.40. The number of hydrogen-bond acceptors (Lipinski definition) is 9. The maximum absolute atomic E-state index is 13.0. The summed E-state index contributed by atoms with van der Waals surface area (Å²) in [5.74, 6) is 0.741. The summed E-state index contributed by atoms with van der Waals surface area (Å²) in [5, 5.41) is 10.4. The van der Waals surface area contributed by atoms with E-state index in [-0.39, 0.29) is 5.41 Å². The summed E-state index contributed by atoms with van der Waals surface area (Å²) in [6, 6.07) is 12.0. The number of carbonyl (C=O) groups is 1. The molecule has 4 heterocycles. The Hall–Kier alpha value is -2.74. The molecule has 3 saturated carbocycles. The number of amides is 1. The van der Waals surface area contributed by atoms with E-state index in [1.54, 1.807) is 23.5 Å². The summed E-state index contributed by atoms with van der Waals surface area (Å²) in [7, 11) is -3.86. The lowest BCUT2D eigenvalue weighted by molar-refractivity contribution is -0.148. The van der Waals surface area contributed by atoms with E-state index in [2.05, 4.69) is 20.1 Å². The topological polar surface area (TPSA) is 121 Å². The van der Waals surface area contributed by atoms with Gasteiger partial charge in [0, 0.05) is 65.8 Å². The summed E-state index contributed by atoms with van der Waals surface area (Å²) >= 11 is 14.7. The van der Waals surface area contributed by atoms with Crippen molar-refractivity contribution in [2.24, 2.45) is 5.41 Å². The second-order valence-corrected chi connectivity index (χ2v) is 17.1. The molecule has 5 aliphatic rings. The van der Waals surface area contributed by atoms with Crippen LogP contribution in [0.2, 0.25) is 10.0 Å². The number of benzene rings is 2. The van der Waals surface area contributed by atoms with Gasteiger partial charge in [-0.25, -0.2) is 9.71 Å². The highest BCUT2D eigenvalue weighted by Gasteiger charge is 2.75. The highest BCUT2D eigenvalue weighted by molar-refractivity contribution is 7.87. The van der Waals surface area contributed by atoms with Crippen LogP contribution in [0.3, 0.4) is 0 Å². The highest BCUT2D eigenvalue weighted by atomic mass is 35.5. The fourth-order valence-corrected chi connectivity index (χ4v) is 11.3. The third-order valence-electron chi connectivity index (χ3n) is 11.1. The Morgan fingerprint density at radius 1 is 1.06 bits per heavy atom. The van der Waals surface area contributed by atoms with Gasteiger partial charge in [0.1, 0.15) is 11.5 Å². The van der Waals surface area contributed by atoms with E-state index >= 15 is 0 Å². The molecular formula is C33H34Cl2N6O4S2. The first-order valence-electron chi connectivity index (χ1n) is 16.4. The van der Waals surface area contributed by atoms with E-state index in [0.29, 0.717) is 59.3 Å². The molecule has 47 heavy (non-hydrogen) atoms. The molecule has 10 nitrogen and oxygen atoms in total. The van der Waals surface area contributed by atoms with Gasteiger partial charge in [-0.15, -0.1) is 0 Å². The SMILES string of the molecule is O=C(NS(=O)(=O)N1CCCCC1)c1ccc2nc(N3C4CCC45C(NCc4c(-c6c(Cl)cccc6Cl)noc4C4CC4)CC35)sc2c1. The molecular weight excluding hydrogens is 679 g/mol. The first-order valence-corrected chi connectivity index (χ1v) is 19.4. The average Bonchev–Trinajstić information content (AvgIpc) is 3.66. The van der Waals surface area contributed by atoms with Crippen molar-refractivity contribution in [2.75, 3.05) is 18.0 Å². The van der Waals surface area contributed by atoms with Gasteiger partial charge in [-0.1, -0.05) is 52.2 Å². The number of nitrogens with zero attached hydrogens (tertiary/aromatic N) is 4. The maximum atomic E-state index is 13.0. The lowest BCUT2D eigenvalue weighted by Crippen LogP contribution is -2.89. The van der Waals surface area contributed by atoms with Crippen LogP contribution in [0.1, 0.15) is 79.0 Å². The van der Waals surface area contributed by atoms with Crippen molar-refractivity contribution >= 4 is 66.0 Å². The summed E-state index contributed by atoms with van der Waals surface area (Å²) in [4.78, 5) is 20.4. The molecule has 4 unspecified atom stereocenters. The van der Waals surface area contributed by atoms with E-state index in [4.69, 9.17) is 32.7 Å². The smallest absolute Gasteiger partial charge is 0.304 e. The van der Waals surface area contributed by atoms with Gasteiger partial charge in [-0.2, -0.15) is 12.7 Å². The second kappa shape index (κ2) is 11.1. The molecule has 246 valence electrons. The number of rotatable bonds is 9. The van der Waals surface area contributed by atoms with Crippen molar-refractivity contribution < 1.29 is 17.7 Å². The van der Waals surface area contributed by atoms with Crippen molar-refractivity contribution in [3.8, 4) is 11.3 Å². The zero-order valence-corrected chi connectivity index (χ0v) is 28.7. The molecule has 5 fully saturated rings. The number of carbonyl (C=O) groups excluding carboxylic acids is 1. The van der Waals surface area contributed by atoms with Gasteiger partial charge in [-0.05, 0) is 75.3 Å². The summed E-state index contributed by atoms with van der Waals surface area (Å²) < 4.78 is 35.9. The van der Waals surface area contributed by atoms with Crippen LogP contribution in [0.4, 0.5) is 5.13 Å². The summed E-state index contributed by atoms with van der Waals surface area (Å²) in [5.41, 5.74) is 3.88. The van der Waals surface area contributed by atoms with Crippen molar-refractivity contribution in [3.63, 3.8) is 0 Å². The fourth-order valence-electron chi connectivity index (χ4n) is 8.40. The molecule has 4 aromatic rings. The van der Waals surface area contributed by atoms with Crippen LogP contribution in [-0.2, 0) is 16.8 Å². The fraction of sp³-hybridized carbons (Fsp3) is 0.485. The molecule has 3 aliphatic carbocycles. The average molecular weight is 714 g/mol. The molecule has 0 bridgehead atoms. The summed E-state index contributed by atoms with van der Waals surface area (Å²) in [6.45, 7) is 1.53. The van der Waals surface area contributed by atoms with Gasteiger partial charge in [-0.3, -0.25) is 4.79 Å². The molecule has 9 rings (SSSR count). The predicted molar refractivity (Wildman–Crippen MR) is 182 cm³/mol. The zero-order valence-electron chi connectivity index (χ0n) is 25.5. The predicted octanol–water partition coefficient (Wildman–Crippen LogP) is 6.50. The van der Waals surface area contributed by atoms with Crippen LogP contribution in [0.15, 0.2) is 40.9 Å². The molecule has 2 aromatic carbocycles. The van der Waals surface area contributed by atoms with Gasteiger partial charge in [0.05, 0.1) is 20.3 Å². The van der Waals surface area contributed by atoms with Crippen LogP contribution in [0.5, 0.6) is 0 Å². The van der Waals surface area contributed by atoms with E-state index in [1.807, 2.05) is 24.3 Å². The molecule has 4 atom stereocenters. The van der Waals surface area contributed by atoms with Crippen molar-refractivity contribution in [1.29, 1.82) is 0 Å². The normalized spacial score (nSPS) is 27.0. The van der Waals surface area contributed by atoms with Gasteiger partial charge < -0.3 is 14.7 Å². The minimum atomic E-state index is -3.86. The first-order chi connectivity index (χ1) is 22.7. The molecule has 2 N–H and O–H groups in total. The Labute approximate surface area is 287 Å². The molecule has 2 aliphatic heterocycles. The van der Waals surface area contributed by atoms with Gasteiger partial charge in [0.15, 0.2) is 5.13 Å². The largest absolute Gasteiger partial charge is 0.360 e. The van der Waals surface area contributed by atoms with Crippen LogP contribution in [-0.4, -0.2) is 60.0 Å². The Kier molecular flexibility index (Phi) is 7.19. The molecule has 0 radical (unpaired) electrons. The van der Waals surface area contributed by atoms with Crippen molar-refractivity contribution in [1.82, 2.24) is 24.5 Å². The second-order valence-electron chi connectivity index (χ2n) is 13.6. The Bertz CT molecular complexity index is 2000. The van der Waals surface area contributed by atoms with E-state index in [9.17, 15) is 13.2 Å². The number of piperidine rings is 3. The van der Waals surface area contributed by atoms with E-state index in [1.165, 1.54) is 10.7 Å². The highest BCUT2D eigenvalue weighted by Crippen LogP contribution is 2.69. The van der Waals surface area contributed by atoms with Crippen LogP contribution < -0.4 is 14.9 Å².